The number of thiophene rings is 1. The number of esters is 1. The number of benzene rings is 1. The number of rotatable bonds is 5. The molecule has 0 fully saturated rings. The van der Waals surface area contributed by atoms with E-state index in [1.54, 1.807) is 30.4 Å². The highest BCUT2D eigenvalue weighted by molar-refractivity contribution is 7.12. The second-order valence-corrected chi connectivity index (χ2v) is 6.63. The number of carbonyl (C=O) groups excluding carboxylic acids is 1. The summed E-state index contributed by atoms with van der Waals surface area (Å²) < 4.78 is 18.3. The maximum Gasteiger partial charge on any atom is 0.332 e. The molecule has 25 heavy (non-hydrogen) atoms. The number of hydrazone groups is 1. The van der Waals surface area contributed by atoms with Gasteiger partial charge in [0.2, 0.25) is 0 Å². The first kappa shape index (κ1) is 17.4. The van der Waals surface area contributed by atoms with Gasteiger partial charge in [-0.2, -0.15) is 5.10 Å². The summed E-state index contributed by atoms with van der Waals surface area (Å²) in [6, 6.07) is 10.3. The first-order valence-electron chi connectivity index (χ1n) is 8.09. The van der Waals surface area contributed by atoms with Crippen LogP contribution >= 0.6 is 11.3 Å². The third-order valence-electron chi connectivity index (χ3n) is 3.95. The normalized spacial score (nSPS) is 17.6. The fraction of sp³-hybridized carbons (Fsp3) is 0.263. The highest BCUT2D eigenvalue weighted by Gasteiger charge is 2.30. The lowest BCUT2D eigenvalue weighted by Gasteiger charge is -2.24. The van der Waals surface area contributed by atoms with Crippen molar-refractivity contribution in [2.45, 2.75) is 26.3 Å². The van der Waals surface area contributed by atoms with Crippen molar-refractivity contribution in [1.82, 2.24) is 5.01 Å². The number of hydrogen-bond donors (Lipinski definition) is 0. The zero-order valence-electron chi connectivity index (χ0n) is 14.1. The molecule has 1 aliphatic heterocycles. The second-order valence-electron chi connectivity index (χ2n) is 5.68. The minimum atomic E-state index is -0.391. The van der Waals surface area contributed by atoms with Gasteiger partial charge in [0.25, 0.3) is 0 Å². The standard InChI is InChI=1S/C19H19FN2O2S/c1-3-24-19(23)11-13(2)22-17(14-6-8-15(20)9-7-14)12-16(21-22)18-5-4-10-25-18/h4-11,17H,3,12H2,1-2H3/t17-/m1/s1. The van der Waals surface area contributed by atoms with Crippen molar-refractivity contribution in [2.24, 2.45) is 5.10 Å². The number of allylic oxidation sites excluding steroid dienone is 1. The molecule has 3 rings (SSSR count). The van der Waals surface area contributed by atoms with Crippen molar-refractivity contribution < 1.29 is 13.9 Å². The van der Waals surface area contributed by atoms with Gasteiger partial charge in [-0.3, -0.25) is 5.01 Å². The first-order valence-corrected chi connectivity index (χ1v) is 8.97. The summed E-state index contributed by atoms with van der Waals surface area (Å²) >= 11 is 1.63. The molecule has 0 unspecified atom stereocenters. The van der Waals surface area contributed by atoms with E-state index in [4.69, 9.17) is 9.84 Å². The van der Waals surface area contributed by atoms with Crippen LogP contribution in [0, 0.1) is 5.82 Å². The summed E-state index contributed by atoms with van der Waals surface area (Å²) in [6.07, 6.45) is 2.14. The molecule has 0 amide bonds. The summed E-state index contributed by atoms with van der Waals surface area (Å²) in [5.41, 5.74) is 2.61. The van der Waals surface area contributed by atoms with Crippen LogP contribution in [0.2, 0.25) is 0 Å². The maximum atomic E-state index is 13.3. The predicted octanol–water partition coefficient (Wildman–Crippen LogP) is 4.51. The van der Waals surface area contributed by atoms with Crippen molar-refractivity contribution in [3.8, 4) is 0 Å². The van der Waals surface area contributed by atoms with Gasteiger partial charge < -0.3 is 4.74 Å². The monoisotopic (exact) mass is 358 g/mol. The summed E-state index contributed by atoms with van der Waals surface area (Å²) in [6.45, 7) is 3.92. The van der Waals surface area contributed by atoms with Crippen LogP contribution in [0.15, 0.2) is 58.7 Å². The molecule has 0 saturated heterocycles. The molecule has 130 valence electrons. The lowest BCUT2D eigenvalue weighted by Crippen LogP contribution is -2.19. The second kappa shape index (κ2) is 7.61. The van der Waals surface area contributed by atoms with E-state index in [1.165, 1.54) is 18.2 Å². The maximum absolute atomic E-state index is 13.3. The Kier molecular flexibility index (Phi) is 5.28. The van der Waals surface area contributed by atoms with Gasteiger partial charge in [-0.25, -0.2) is 9.18 Å². The van der Waals surface area contributed by atoms with Crippen LogP contribution in [0.25, 0.3) is 0 Å². The molecular weight excluding hydrogens is 339 g/mol. The molecule has 0 spiro atoms. The number of carbonyl (C=O) groups is 1. The SMILES string of the molecule is CCOC(=O)C=C(C)N1N=C(c2cccs2)C[C@@H]1c1ccc(F)cc1. The fourth-order valence-electron chi connectivity index (χ4n) is 2.79. The Bertz CT molecular complexity index is 797. The van der Waals surface area contributed by atoms with E-state index in [-0.39, 0.29) is 11.9 Å². The van der Waals surface area contributed by atoms with E-state index >= 15 is 0 Å². The van der Waals surface area contributed by atoms with Gasteiger partial charge >= 0.3 is 5.97 Å². The van der Waals surface area contributed by atoms with E-state index in [2.05, 4.69) is 0 Å². The van der Waals surface area contributed by atoms with Gasteiger partial charge in [-0.15, -0.1) is 11.3 Å². The Morgan fingerprint density at radius 1 is 1.40 bits per heavy atom. The third-order valence-corrected chi connectivity index (χ3v) is 4.86. The van der Waals surface area contributed by atoms with E-state index in [0.717, 1.165) is 16.2 Å². The van der Waals surface area contributed by atoms with E-state index in [0.29, 0.717) is 18.7 Å². The van der Waals surface area contributed by atoms with Crippen LogP contribution in [0.5, 0.6) is 0 Å². The average Bonchev–Trinajstić information content (AvgIpc) is 3.25. The van der Waals surface area contributed by atoms with Crippen molar-refractivity contribution in [1.29, 1.82) is 0 Å². The molecule has 0 saturated carbocycles. The van der Waals surface area contributed by atoms with Crippen LogP contribution in [0.3, 0.4) is 0 Å². The number of halogens is 1. The van der Waals surface area contributed by atoms with Gasteiger partial charge in [-0.05, 0) is 43.0 Å². The Morgan fingerprint density at radius 3 is 2.80 bits per heavy atom. The summed E-state index contributed by atoms with van der Waals surface area (Å²) in [5, 5.41) is 8.54. The fourth-order valence-corrected chi connectivity index (χ4v) is 3.51. The van der Waals surface area contributed by atoms with Gasteiger partial charge in [-0.1, -0.05) is 18.2 Å². The highest BCUT2D eigenvalue weighted by Crippen LogP contribution is 2.36. The largest absolute Gasteiger partial charge is 0.463 e. The molecule has 0 aliphatic carbocycles. The van der Waals surface area contributed by atoms with Crippen molar-refractivity contribution in [3.63, 3.8) is 0 Å². The minimum Gasteiger partial charge on any atom is -0.463 e. The van der Waals surface area contributed by atoms with E-state index in [9.17, 15) is 9.18 Å². The number of hydrogen-bond acceptors (Lipinski definition) is 5. The van der Waals surface area contributed by atoms with Gasteiger partial charge in [0.05, 0.1) is 23.2 Å². The van der Waals surface area contributed by atoms with Crippen molar-refractivity contribution >= 4 is 23.0 Å². The van der Waals surface area contributed by atoms with Crippen LogP contribution in [0.4, 0.5) is 4.39 Å². The molecule has 0 bridgehead atoms. The summed E-state index contributed by atoms with van der Waals surface area (Å²) in [5.74, 6) is -0.663. The Balaban J connectivity index is 1.93. The lowest BCUT2D eigenvalue weighted by molar-refractivity contribution is -0.137. The molecule has 4 nitrogen and oxygen atoms in total. The first-order chi connectivity index (χ1) is 12.1. The van der Waals surface area contributed by atoms with E-state index < -0.39 is 5.97 Å². The van der Waals surface area contributed by atoms with E-state index in [1.807, 2.05) is 29.4 Å². The quantitative estimate of drug-likeness (QED) is 0.583. The average molecular weight is 358 g/mol. The molecular formula is C19H19FN2O2S. The van der Waals surface area contributed by atoms with Gasteiger partial charge in [0.1, 0.15) is 5.82 Å². The smallest absolute Gasteiger partial charge is 0.332 e. The highest BCUT2D eigenvalue weighted by atomic mass is 32.1. The zero-order valence-corrected chi connectivity index (χ0v) is 14.9. The molecule has 1 aliphatic rings. The molecule has 1 aromatic carbocycles. The van der Waals surface area contributed by atoms with Gasteiger partial charge in [0.15, 0.2) is 0 Å². The molecule has 2 heterocycles. The summed E-state index contributed by atoms with van der Waals surface area (Å²) in [7, 11) is 0. The number of nitrogens with zero attached hydrogens (tertiary/aromatic N) is 2. The Hall–Kier alpha value is -2.47. The molecule has 1 atom stereocenters. The third kappa shape index (κ3) is 3.96. The topological polar surface area (TPSA) is 41.9 Å². The van der Waals surface area contributed by atoms with Crippen LogP contribution < -0.4 is 0 Å². The van der Waals surface area contributed by atoms with Crippen LogP contribution in [-0.4, -0.2) is 23.3 Å². The molecule has 0 radical (unpaired) electrons. The minimum absolute atomic E-state index is 0.0802. The molecule has 1 aromatic heterocycles. The van der Waals surface area contributed by atoms with Crippen molar-refractivity contribution in [2.75, 3.05) is 6.61 Å². The van der Waals surface area contributed by atoms with Crippen LogP contribution in [0.1, 0.15) is 36.8 Å². The zero-order chi connectivity index (χ0) is 17.8. The van der Waals surface area contributed by atoms with Crippen molar-refractivity contribution in [3.05, 3.63) is 69.8 Å². The molecule has 0 N–H and O–H groups in total. The Morgan fingerprint density at radius 2 is 2.16 bits per heavy atom. The lowest BCUT2D eigenvalue weighted by atomic mass is 10.0. The predicted molar refractivity (Wildman–Crippen MR) is 96.8 cm³/mol. The van der Waals surface area contributed by atoms with Crippen LogP contribution in [-0.2, 0) is 9.53 Å². The number of ether oxygens (including phenoxy) is 1. The molecule has 2 aromatic rings. The summed E-state index contributed by atoms with van der Waals surface area (Å²) in [4.78, 5) is 12.9. The van der Waals surface area contributed by atoms with Gasteiger partial charge in [0, 0.05) is 18.2 Å². The Labute approximate surface area is 150 Å². The molecule has 6 heteroatoms.